The van der Waals surface area contributed by atoms with E-state index in [0.717, 1.165) is 60.9 Å². The number of halogens is 2. The van der Waals surface area contributed by atoms with Crippen LogP contribution in [0.5, 0.6) is 5.75 Å². The van der Waals surface area contributed by atoms with E-state index in [0.29, 0.717) is 74.3 Å². The molecule has 1 amide bonds. The number of carbonyl (C=O) groups excluding carboxylic acids is 1. The molecule has 5 heterocycles. The minimum absolute atomic E-state index is 0.0458. The predicted molar refractivity (Wildman–Crippen MR) is 217 cm³/mol. The van der Waals surface area contributed by atoms with Gasteiger partial charge in [0.15, 0.2) is 0 Å². The Labute approximate surface area is 338 Å². The third kappa shape index (κ3) is 7.64. The fraction of sp³-hybridized carbons (Fsp3) is 0.400. The van der Waals surface area contributed by atoms with E-state index >= 15 is 0 Å². The fourth-order valence-corrected chi connectivity index (χ4v) is 8.86. The molecule has 0 aliphatic carbocycles. The molecule has 56 heavy (non-hydrogen) atoms. The largest absolute Gasteiger partial charge is 0.760 e. The average Bonchev–Trinajstić information content (AvgIpc) is 3.54. The second-order valence-electron chi connectivity index (χ2n) is 14.5. The number of hydrogen-bond donors (Lipinski definition) is 1. The fourth-order valence-electron chi connectivity index (χ4n) is 8.04. The topological polar surface area (TPSA) is 149 Å². The minimum Gasteiger partial charge on any atom is -0.760 e. The maximum atomic E-state index is 15.0. The first-order valence-corrected chi connectivity index (χ1v) is 20.4. The van der Waals surface area contributed by atoms with Gasteiger partial charge in [0.1, 0.15) is 17.3 Å². The third-order valence-corrected chi connectivity index (χ3v) is 12.5. The first-order valence-electron chi connectivity index (χ1n) is 18.6. The zero-order valence-corrected chi connectivity index (χ0v) is 34.4. The van der Waals surface area contributed by atoms with E-state index in [1.807, 2.05) is 68.6 Å². The number of amides is 1. The number of carbonyl (C=O) groups is 2. The smallest absolute Gasteiger partial charge is 0.335 e. The lowest BCUT2D eigenvalue weighted by Gasteiger charge is -2.36. The van der Waals surface area contributed by atoms with Crippen molar-refractivity contribution < 1.29 is 28.2 Å². The maximum Gasteiger partial charge on any atom is 0.335 e. The monoisotopic (exact) mass is 820 g/mol. The molecule has 0 spiro atoms. The number of ether oxygens (including phenoxy) is 1. The molecule has 0 bridgehead atoms. The van der Waals surface area contributed by atoms with E-state index in [-0.39, 0.29) is 31.1 Å². The van der Waals surface area contributed by atoms with Gasteiger partial charge in [-0.15, -0.1) is 0 Å². The normalized spacial score (nSPS) is 15.7. The molecule has 0 radical (unpaired) electrons. The van der Waals surface area contributed by atoms with Crippen molar-refractivity contribution in [2.75, 3.05) is 44.2 Å². The lowest BCUT2D eigenvalue weighted by Crippen LogP contribution is -2.47. The molecule has 2 aliphatic heterocycles. The number of benzene rings is 2. The lowest BCUT2D eigenvalue weighted by atomic mass is 9.98. The van der Waals surface area contributed by atoms with Crippen molar-refractivity contribution in [1.29, 1.82) is 0 Å². The van der Waals surface area contributed by atoms with Crippen LogP contribution in [0, 0.1) is 27.7 Å². The summed E-state index contributed by atoms with van der Waals surface area (Å²) in [7, 11) is 1.91. The van der Waals surface area contributed by atoms with Crippen molar-refractivity contribution in [2.45, 2.75) is 60.0 Å². The quantitative estimate of drug-likeness (QED) is 0.114. The Hall–Kier alpha value is -4.47. The zero-order chi connectivity index (χ0) is 40.0. The molecular formula is C40H44Cl2N7O6S-. The van der Waals surface area contributed by atoms with E-state index in [9.17, 15) is 23.5 Å². The van der Waals surface area contributed by atoms with E-state index in [1.54, 1.807) is 4.90 Å². The van der Waals surface area contributed by atoms with Gasteiger partial charge in [0.2, 0.25) is 0 Å². The van der Waals surface area contributed by atoms with Gasteiger partial charge in [0.05, 0.1) is 40.6 Å². The van der Waals surface area contributed by atoms with Crippen molar-refractivity contribution in [1.82, 2.24) is 28.5 Å². The zero-order valence-electron chi connectivity index (χ0n) is 32.0. The van der Waals surface area contributed by atoms with Crippen molar-refractivity contribution in [3.8, 4) is 16.9 Å². The van der Waals surface area contributed by atoms with Gasteiger partial charge >= 0.3 is 5.97 Å². The maximum absolute atomic E-state index is 15.0. The summed E-state index contributed by atoms with van der Waals surface area (Å²) in [5.74, 6) is -0.131. The van der Waals surface area contributed by atoms with E-state index in [2.05, 4.69) is 4.57 Å². The van der Waals surface area contributed by atoms with Crippen LogP contribution >= 0.6 is 23.2 Å². The summed E-state index contributed by atoms with van der Waals surface area (Å²) in [6, 6.07) is 10.7. The molecule has 3 aromatic heterocycles. The first kappa shape index (κ1) is 39.8. The Morgan fingerprint density at radius 2 is 1.70 bits per heavy atom. The lowest BCUT2D eigenvalue weighted by molar-refractivity contribution is 0.0696. The minimum atomic E-state index is -2.33. The Balaban J connectivity index is 1.26. The van der Waals surface area contributed by atoms with Gasteiger partial charge in [0, 0.05) is 84.8 Å². The third-order valence-electron chi connectivity index (χ3n) is 10.8. The SMILES string of the molecule is Cc1cc(OCCCc2c3n(c4c(-c5c(C)nn(C)c5C)c(Cl)ccc24)CCCN(Cc2cc(C(=O)O)cc(N4CCN(S(=O)[O-])CC4)n2)C3=O)cc(C)c1Cl. The second-order valence-corrected chi connectivity index (χ2v) is 16.2. The van der Waals surface area contributed by atoms with Crippen LogP contribution in [0.15, 0.2) is 36.4 Å². The molecule has 2 aliphatic rings. The molecule has 1 N–H and O–H groups in total. The summed E-state index contributed by atoms with van der Waals surface area (Å²) in [5, 5.41) is 17.0. The Kier molecular flexibility index (Phi) is 11.5. The number of hydrogen-bond acceptors (Lipinski definition) is 8. The van der Waals surface area contributed by atoms with Gasteiger partial charge in [-0.05, 0) is 94.0 Å². The van der Waals surface area contributed by atoms with Gasteiger partial charge in [-0.3, -0.25) is 13.7 Å². The molecule has 0 saturated carbocycles. The Morgan fingerprint density at radius 1 is 0.982 bits per heavy atom. The molecule has 16 heteroatoms. The number of aryl methyl sites for hydroxylation is 6. The van der Waals surface area contributed by atoms with Crippen molar-refractivity contribution in [3.05, 3.63) is 91.5 Å². The van der Waals surface area contributed by atoms with E-state index in [4.69, 9.17) is 38.0 Å². The Bertz CT molecular complexity index is 2360. The molecule has 296 valence electrons. The van der Waals surface area contributed by atoms with Crippen LogP contribution in [0.25, 0.3) is 22.0 Å². The number of aromatic carboxylic acids is 1. The molecule has 1 atom stereocenters. The predicted octanol–water partition coefficient (Wildman–Crippen LogP) is 6.65. The summed E-state index contributed by atoms with van der Waals surface area (Å²) < 4.78 is 34.5. The molecule has 1 saturated heterocycles. The molecule has 7 rings (SSSR count). The van der Waals surface area contributed by atoms with Gasteiger partial charge in [0.25, 0.3) is 5.91 Å². The average molecular weight is 822 g/mol. The van der Waals surface area contributed by atoms with Crippen LogP contribution in [0.4, 0.5) is 5.82 Å². The summed E-state index contributed by atoms with van der Waals surface area (Å²) in [6.45, 7) is 10.6. The van der Waals surface area contributed by atoms with Crippen LogP contribution in [0.3, 0.4) is 0 Å². The molecule has 13 nitrogen and oxygen atoms in total. The number of piperazine rings is 1. The first-order chi connectivity index (χ1) is 26.7. The highest BCUT2D eigenvalue weighted by Gasteiger charge is 2.32. The molecule has 5 aromatic rings. The second kappa shape index (κ2) is 16.2. The van der Waals surface area contributed by atoms with Crippen molar-refractivity contribution >= 4 is 63.1 Å². The highest BCUT2D eigenvalue weighted by atomic mass is 35.5. The van der Waals surface area contributed by atoms with Crippen LogP contribution in [-0.2, 0) is 37.8 Å². The van der Waals surface area contributed by atoms with Gasteiger partial charge in [-0.1, -0.05) is 29.3 Å². The standard InChI is InChI=1S/C40H45Cl2N7O6S/c1-23-18-29(19-24(2)36(23)42)55-17-6-8-30-31-9-10-32(41)35(34-25(3)44-45(5)26(34)4)37(31)49-12-7-11-47(39(50)38(30)49)22-28-20-27(40(51)52)21-33(43-28)46-13-15-48(16-14-46)56(53)54/h9-10,18-21H,6-8,11-17,22H2,1-5H3,(H,51,52)(H,53,54)/p-1. The summed E-state index contributed by atoms with van der Waals surface area (Å²) >= 11 is 11.1. The highest BCUT2D eigenvalue weighted by Crippen LogP contribution is 2.43. The van der Waals surface area contributed by atoms with E-state index in [1.165, 1.54) is 16.4 Å². The molecular weight excluding hydrogens is 777 g/mol. The van der Waals surface area contributed by atoms with Gasteiger partial charge in [-0.2, -0.15) is 5.10 Å². The van der Waals surface area contributed by atoms with E-state index < -0.39 is 17.2 Å². The highest BCUT2D eigenvalue weighted by molar-refractivity contribution is 7.76. The van der Waals surface area contributed by atoms with Crippen LogP contribution in [0.1, 0.15) is 67.5 Å². The number of aromatic nitrogens is 4. The van der Waals surface area contributed by atoms with Crippen molar-refractivity contribution in [3.63, 3.8) is 0 Å². The molecule has 1 fully saturated rings. The number of rotatable bonds is 11. The van der Waals surface area contributed by atoms with Crippen LogP contribution < -0.4 is 9.64 Å². The van der Waals surface area contributed by atoms with Crippen LogP contribution in [-0.4, -0.2) is 93.6 Å². The summed E-state index contributed by atoms with van der Waals surface area (Å²) in [5.41, 5.74) is 8.27. The number of pyridine rings is 1. The van der Waals surface area contributed by atoms with Gasteiger partial charge < -0.3 is 28.8 Å². The number of anilines is 1. The summed E-state index contributed by atoms with van der Waals surface area (Å²) in [4.78, 5) is 35.7. The molecule has 2 aromatic carbocycles. The summed E-state index contributed by atoms with van der Waals surface area (Å²) in [6.07, 6.45) is 1.81. The van der Waals surface area contributed by atoms with Crippen molar-refractivity contribution in [2.24, 2.45) is 7.05 Å². The molecule has 1 unspecified atom stereocenters. The number of nitrogens with zero attached hydrogens (tertiary/aromatic N) is 7. The Morgan fingerprint density at radius 3 is 2.34 bits per heavy atom. The van der Waals surface area contributed by atoms with Crippen LogP contribution in [0.2, 0.25) is 10.0 Å². The number of fused-ring (bicyclic) bond motifs is 3. The number of carboxylic acids is 1. The van der Waals surface area contributed by atoms with Gasteiger partial charge in [-0.25, -0.2) is 14.1 Å². The number of carboxylic acid groups (broad SMARTS) is 1.